The van der Waals surface area contributed by atoms with Crippen molar-refractivity contribution in [3.05, 3.63) is 71.6 Å². The Morgan fingerprint density at radius 2 is 1.14 bits per heavy atom. The molecule has 0 unspecified atom stereocenters. The Kier molecular flexibility index (Phi) is 14.4. The summed E-state index contributed by atoms with van der Waals surface area (Å²) in [4.78, 5) is 79.5. The molecular weight excluding hydrogens is 738 g/mol. The summed E-state index contributed by atoms with van der Waals surface area (Å²) in [6.07, 6.45) is 8.70. The summed E-state index contributed by atoms with van der Waals surface area (Å²) >= 11 is 0. The molecule has 4 aromatic heterocycles. The van der Waals surface area contributed by atoms with Gasteiger partial charge in [-0.25, -0.2) is 4.99 Å². The first-order valence-corrected chi connectivity index (χ1v) is 17.8. The van der Waals surface area contributed by atoms with E-state index in [1.54, 1.807) is 83.4 Å². The summed E-state index contributed by atoms with van der Waals surface area (Å²) in [5.74, 6) is -1.75. The largest absolute Gasteiger partial charge is 0.388 e. The molecule has 4 heterocycles. The summed E-state index contributed by atoms with van der Waals surface area (Å²) in [6, 6.07) is 6.14. The van der Waals surface area contributed by atoms with E-state index >= 15 is 0 Å². The molecule has 4 aromatic rings. The van der Waals surface area contributed by atoms with Crippen LogP contribution in [0.3, 0.4) is 0 Å². The van der Waals surface area contributed by atoms with Gasteiger partial charge >= 0.3 is 0 Å². The fraction of sp³-hybridized carbons (Fsp3) is 0.333. The smallest absolute Gasteiger partial charge is 0.272 e. The number of hydrogen-bond donors (Lipinski definition) is 10. The van der Waals surface area contributed by atoms with Crippen molar-refractivity contribution in [1.82, 2.24) is 28.9 Å². The van der Waals surface area contributed by atoms with Crippen LogP contribution in [0.25, 0.3) is 0 Å². The predicted octanol–water partition coefficient (Wildman–Crippen LogP) is 0.742. The first-order valence-electron chi connectivity index (χ1n) is 17.8. The van der Waals surface area contributed by atoms with Crippen molar-refractivity contribution in [3.8, 4) is 0 Å². The number of carbonyl (C=O) groups excluding carboxylic acids is 6. The Hall–Kier alpha value is -7.32. The molecule has 0 saturated carbocycles. The fourth-order valence-corrected chi connectivity index (χ4v) is 5.59. The quantitative estimate of drug-likeness (QED) is 0.0364. The summed E-state index contributed by atoms with van der Waals surface area (Å²) in [5.41, 5.74) is 17.9. The minimum absolute atomic E-state index is 0.0335. The van der Waals surface area contributed by atoms with Crippen LogP contribution in [0.15, 0.2) is 54.0 Å². The number of unbranched alkanes of at least 4 members (excludes halogenated alkanes) is 2. The second kappa shape index (κ2) is 19.3. The second-order valence-corrected chi connectivity index (χ2v) is 13.2. The number of aromatic nitrogens is 4. The average molecular weight is 788 g/mol. The number of nitrogens with two attached hydrogens (primary N) is 3. The zero-order chi connectivity index (χ0) is 41.8. The molecule has 0 aliphatic heterocycles. The van der Waals surface area contributed by atoms with E-state index in [2.05, 4.69) is 36.9 Å². The van der Waals surface area contributed by atoms with Crippen molar-refractivity contribution in [3.63, 3.8) is 0 Å². The van der Waals surface area contributed by atoms with Gasteiger partial charge in [0, 0.05) is 78.9 Å². The van der Waals surface area contributed by atoms with Gasteiger partial charge in [-0.3, -0.25) is 34.2 Å². The molecule has 0 spiro atoms. The number of rotatable bonds is 19. The molecule has 0 aromatic carbocycles. The third-order valence-corrected chi connectivity index (χ3v) is 8.51. The number of aryl methyl sites for hydroxylation is 4. The number of carbonyl (C=O) groups is 6. The molecule has 4 rings (SSSR count). The molecule has 57 heavy (non-hydrogen) atoms. The Morgan fingerprint density at radius 1 is 0.579 bits per heavy atom. The van der Waals surface area contributed by atoms with E-state index in [9.17, 15) is 28.8 Å². The zero-order valence-electron chi connectivity index (χ0n) is 32.2. The molecule has 0 bridgehead atoms. The third-order valence-electron chi connectivity index (χ3n) is 8.51. The maximum Gasteiger partial charge on any atom is 0.272 e. The van der Waals surface area contributed by atoms with Crippen molar-refractivity contribution < 1.29 is 28.8 Å². The highest BCUT2D eigenvalue weighted by Gasteiger charge is 2.19. The SMILES string of the molecule is Cn1cc(C(=O)Nc2cc(C(=O)NCCCCCC(=O)Nc3cc(C(=O)Nc4cc(C(=O)NCCC(=N)N)n(C)c4)n(C)c3)cn2C)cc1NC(=O)CN=C(N)N. The lowest BCUT2D eigenvalue weighted by atomic mass is 10.2. The molecular formula is C36H49N15O6. The van der Waals surface area contributed by atoms with Gasteiger partial charge in [0.05, 0.1) is 28.3 Å². The summed E-state index contributed by atoms with van der Waals surface area (Å²) < 4.78 is 6.33. The molecule has 304 valence electrons. The van der Waals surface area contributed by atoms with Crippen molar-refractivity contribution in [2.24, 2.45) is 50.4 Å². The predicted molar refractivity (Wildman–Crippen MR) is 215 cm³/mol. The highest BCUT2D eigenvalue weighted by atomic mass is 16.2. The van der Waals surface area contributed by atoms with Gasteiger partial charge in [0.25, 0.3) is 23.6 Å². The molecule has 0 saturated heterocycles. The van der Waals surface area contributed by atoms with Crippen LogP contribution >= 0.6 is 0 Å². The van der Waals surface area contributed by atoms with Gasteiger partial charge in [0.15, 0.2) is 5.96 Å². The molecule has 0 atom stereocenters. The molecule has 21 nitrogen and oxygen atoms in total. The van der Waals surface area contributed by atoms with Crippen LogP contribution in [0, 0.1) is 5.41 Å². The van der Waals surface area contributed by atoms with Gasteiger partial charge < -0.3 is 67.4 Å². The molecule has 0 fully saturated rings. The number of guanidine groups is 1. The lowest BCUT2D eigenvalue weighted by molar-refractivity contribution is -0.116. The topological polar surface area (TPSA) is 309 Å². The highest BCUT2D eigenvalue weighted by molar-refractivity contribution is 6.07. The molecule has 0 aliphatic carbocycles. The van der Waals surface area contributed by atoms with Gasteiger partial charge in [0.2, 0.25) is 11.8 Å². The summed E-state index contributed by atoms with van der Waals surface area (Å²) in [6.45, 7) is 0.328. The Bertz CT molecular complexity index is 2180. The molecule has 6 amide bonds. The minimum Gasteiger partial charge on any atom is -0.388 e. The molecule has 0 aliphatic rings. The number of nitrogens with one attached hydrogen (secondary N) is 7. The van der Waals surface area contributed by atoms with Gasteiger partial charge in [0.1, 0.15) is 29.6 Å². The normalized spacial score (nSPS) is 10.7. The van der Waals surface area contributed by atoms with Crippen molar-refractivity contribution >= 4 is 70.2 Å². The van der Waals surface area contributed by atoms with Crippen LogP contribution in [-0.2, 0) is 37.8 Å². The summed E-state index contributed by atoms with van der Waals surface area (Å²) in [5, 5.41) is 23.8. The number of nitrogens with zero attached hydrogens (tertiary/aromatic N) is 5. The summed E-state index contributed by atoms with van der Waals surface area (Å²) in [7, 11) is 6.69. The van der Waals surface area contributed by atoms with Crippen molar-refractivity contribution in [2.75, 3.05) is 40.9 Å². The van der Waals surface area contributed by atoms with Crippen LogP contribution < -0.4 is 49.1 Å². The van der Waals surface area contributed by atoms with Gasteiger partial charge in [-0.15, -0.1) is 0 Å². The van der Waals surface area contributed by atoms with Gasteiger partial charge in [-0.2, -0.15) is 0 Å². The van der Waals surface area contributed by atoms with Crippen LogP contribution in [0.5, 0.6) is 0 Å². The van der Waals surface area contributed by atoms with E-state index in [1.807, 2.05) is 0 Å². The zero-order valence-corrected chi connectivity index (χ0v) is 32.2. The van der Waals surface area contributed by atoms with E-state index in [-0.39, 0.29) is 61.0 Å². The van der Waals surface area contributed by atoms with Crippen LogP contribution in [-0.4, -0.2) is 85.1 Å². The number of hydrogen-bond acceptors (Lipinski definition) is 8. The number of aliphatic imine (C=N–C) groups is 1. The minimum atomic E-state index is -0.461. The first kappa shape index (κ1) is 42.4. The van der Waals surface area contributed by atoms with E-state index < -0.39 is 17.7 Å². The van der Waals surface area contributed by atoms with Gasteiger partial charge in [-0.05, 0) is 37.1 Å². The van der Waals surface area contributed by atoms with E-state index in [1.165, 1.54) is 12.1 Å². The van der Waals surface area contributed by atoms with E-state index in [0.717, 1.165) is 0 Å². The highest BCUT2D eigenvalue weighted by Crippen LogP contribution is 2.19. The number of amidine groups is 1. The monoisotopic (exact) mass is 787 g/mol. The fourth-order valence-electron chi connectivity index (χ4n) is 5.59. The van der Waals surface area contributed by atoms with Crippen LogP contribution in [0.2, 0.25) is 0 Å². The van der Waals surface area contributed by atoms with E-state index in [0.29, 0.717) is 65.8 Å². The van der Waals surface area contributed by atoms with E-state index in [4.69, 9.17) is 22.6 Å². The first-order chi connectivity index (χ1) is 27.0. The maximum absolute atomic E-state index is 13.0. The van der Waals surface area contributed by atoms with Crippen LogP contribution in [0.1, 0.15) is 73.8 Å². The Labute approximate surface area is 327 Å². The van der Waals surface area contributed by atoms with Crippen LogP contribution in [0.4, 0.5) is 23.0 Å². The third kappa shape index (κ3) is 12.3. The van der Waals surface area contributed by atoms with Crippen molar-refractivity contribution in [1.29, 1.82) is 5.41 Å². The lowest BCUT2D eigenvalue weighted by Gasteiger charge is -2.05. The molecule has 0 radical (unpaired) electrons. The molecule has 13 N–H and O–H groups in total. The standard InChI is InChI=1S/C36H49N15O6/c1-48-20-24(15-25(48)34(56)42-11-9-27(37)38)45-35(57)26-14-23(19-49(26)2)44-30(52)8-6-5-7-10-41-32(54)21-12-29(51(4)17-21)47-33(55)22-13-28(50(3)18-22)46-31(53)16-43-36(39)40/h12-15,17-20H,5-11,16H2,1-4H3,(H3,37,38)(H,41,54)(H,42,56)(H,44,52)(H,45,57)(H,46,53)(H,47,55)(H4,39,40,43). The lowest BCUT2D eigenvalue weighted by Crippen LogP contribution is -2.28. The Balaban J connectivity index is 1.16. The number of anilines is 4. The maximum atomic E-state index is 13.0. The average Bonchev–Trinajstić information content (AvgIpc) is 3.90. The van der Waals surface area contributed by atoms with Gasteiger partial charge in [-0.1, -0.05) is 6.42 Å². The second-order valence-electron chi connectivity index (χ2n) is 13.2. The molecule has 21 heteroatoms. The number of amides is 6. The Morgan fingerprint density at radius 3 is 1.75 bits per heavy atom. The van der Waals surface area contributed by atoms with Crippen molar-refractivity contribution in [2.45, 2.75) is 32.1 Å².